The highest BCUT2D eigenvalue weighted by Crippen LogP contribution is 2.30. The average molecular weight is 461 g/mol. The summed E-state index contributed by atoms with van der Waals surface area (Å²) in [5.41, 5.74) is 1.30. The third-order valence-corrected chi connectivity index (χ3v) is 8.26. The molecule has 0 radical (unpaired) electrons. The lowest BCUT2D eigenvalue weighted by molar-refractivity contribution is -0.905. The standard InChI is InChI=1S/C23H27ClN4O2S/c1-25-12-9-18-19(15-25)31-22-20(18)21(29)28(17-7-5-16(24)6-8-17)23(30)27(22)14-13-26-10-3-2-4-11-26/h5-8H,2-4,9-15H2,1H3/p+2. The van der Waals surface area contributed by atoms with Gasteiger partial charge in [-0.05, 0) is 49.1 Å². The molecular formula is C23H29ClN4O2S+2. The van der Waals surface area contributed by atoms with Crippen molar-refractivity contribution in [3.8, 4) is 5.69 Å². The van der Waals surface area contributed by atoms with Crippen molar-refractivity contribution in [2.75, 3.05) is 33.2 Å². The summed E-state index contributed by atoms with van der Waals surface area (Å²) in [5.74, 6) is 0. The Labute approximate surface area is 190 Å². The first-order valence-electron chi connectivity index (χ1n) is 11.2. The van der Waals surface area contributed by atoms with E-state index in [0.717, 1.165) is 41.8 Å². The van der Waals surface area contributed by atoms with Crippen LogP contribution < -0.4 is 21.0 Å². The van der Waals surface area contributed by atoms with E-state index in [1.165, 1.54) is 46.7 Å². The van der Waals surface area contributed by atoms with Crippen LogP contribution in [0.25, 0.3) is 15.9 Å². The molecule has 1 unspecified atom stereocenters. The molecule has 2 aliphatic heterocycles. The van der Waals surface area contributed by atoms with Crippen molar-refractivity contribution in [1.29, 1.82) is 0 Å². The van der Waals surface area contributed by atoms with E-state index in [0.29, 0.717) is 17.3 Å². The Morgan fingerprint density at radius 1 is 1.06 bits per heavy atom. The summed E-state index contributed by atoms with van der Waals surface area (Å²) in [7, 11) is 2.19. The summed E-state index contributed by atoms with van der Waals surface area (Å²) in [6.45, 7) is 5.83. The molecule has 0 amide bonds. The van der Waals surface area contributed by atoms with Crippen LogP contribution in [0.15, 0.2) is 33.9 Å². The van der Waals surface area contributed by atoms with E-state index in [1.54, 1.807) is 40.5 Å². The zero-order valence-corrected chi connectivity index (χ0v) is 19.5. The summed E-state index contributed by atoms with van der Waals surface area (Å²) in [6.07, 6.45) is 4.70. The molecule has 1 atom stereocenters. The lowest BCUT2D eigenvalue weighted by Crippen LogP contribution is -3.13. The minimum atomic E-state index is -0.240. The summed E-state index contributed by atoms with van der Waals surface area (Å²) in [4.78, 5) is 32.4. The number of nitrogens with one attached hydrogen (secondary N) is 2. The number of thiophene rings is 1. The molecule has 1 saturated heterocycles. The second kappa shape index (κ2) is 8.54. The number of nitrogens with zero attached hydrogens (tertiary/aromatic N) is 2. The first-order valence-corrected chi connectivity index (χ1v) is 12.4. The fourth-order valence-corrected chi connectivity index (χ4v) is 6.61. The van der Waals surface area contributed by atoms with Crippen LogP contribution in [0.5, 0.6) is 0 Å². The van der Waals surface area contributed by atoms with Crippen molar-refractivity contribution >= 4 is 33.2 Å². The predicted molar refractivity (Wildman–Crippen MR) is 125 cm³/mol. The first-order chi connectivity index (χ1) is 15.0. The third kappa shape index (κ3) is 3.89. The van der Waals surface area contributed by atoms with Crippen LogP contribution in [0, 0.1) is 0 Å². The van der Waals surface area contributed by atoms with Gasteiger partial charge in [-0.3, -0.25) is 9.36 Å². The van der Waals surface area contributed by atoms with Crippen LogP contribution in [-0.4, -0.2) is 42.4 Å². The van der Waals surface area contributed by atoms with Crippen molar-refractivity contribution in [2.24, 2.45) is 0 Å². The molecule has 8 heteroatoms. The molecule has 0 spiro atoms. The van der Waals surface area contributed by atoms with Gasteiger partial charge in [-0.1, -0.05) is 11.6 Å². The van der Waals surface area contributed by atoms with E-state index in [-0.39, 0.29) is 11.2 Å². The van der Waals surface area contributed by atoms with Crippen molar-refractivity contribution in [3.05, 3.63) is 60.6 Å². The molecule has 5 rings (SSSR count). The van der Waals surface area contributed by atoms with Crippen LogP contribution in [-0.2, 0) is 19.5 Å². The number of hydrogen-bond donors (Lipinski definition) is 2. The number of hydrogen-bond acceptors (Lipinski definition) is 3. The molecule has 3 aromatic rings. The van der Waals surface area contributed by atoms with Crippen molar-refractivity contribution in [1.82, 2.24) is 9.13 Å². The highest BCUT2D eigenvalue weighted by atomic mass is 35.5. The molecule has 0 aliphatic carbocycles. The third-order valence-electron chi connectivity index (χ3n) is 6.75. The zero-order valence-electron chi connectivity index (χ0n) is 17.9. The van der Waals surface area contributed by atoms with Crippen molar-refractivity contribution in [3.63, 3.8) is 0 Å². The summed E-state index contributed by atoms with van der Waals surface area (Å²) in [6, 6.07) is 6.98. The molecule has 1 aromatic carbocycles. The monoisotopic (exact) mass is 460 g/mol. The minimum absolute atomic E-state index is 0.194. The smallest absolute Gasteiger partial charge is 0.333 e. The molecule has 2 aromatic heterocycles. The number of aromatic nitrogens is 2. The Kier molecular flexibility index (Phi) is 5.77. The molecular weight excluding hydrogens is 432 g/mol. The number of fused-ring (bicyclic) bond motifs is 3. The van der Waals surface area contributed by atoms with Gasteiger partial charge in [0.2, 0.25) is 0 Å². The highest BCUT2D eigenvalue weighted by Gasteiger charge is 2.27. The van der Waals surface area contributed by atoms with E-state index >= 15 is 0 Å². The van der Waals surface area contributed by atoms with Gasteiger partial charge in [0.1, 0.15) is 11.4 Å². The Morgan fingerprint density at radius 3 is 2.55 bits per heavy atom. The number of likely N-dealkylation sites (N-methyl/N-ethyl adjacent to an activating group) is 1. The van der Waals surface area contributed by atoms with Gasteiger partial charge in [0.15, 0.2) is 0 Å². The molecule has 6 nitrogen and oxygen atoms in total. The van der Waals surface area contributed by atoms with E-state index in [4.69, 9.17) is 11.6 Å². The Hall–Kier alpha value is -1.93. The second-order valence-electron chi connectivity index (χ2n) is 8.93. The maximum Gasteiger partial charge on any atom is 0.336 e. The number of benzene rings is 1. The quantitative estimate of drug-likeness (QED) is 0.596. The minimum Gasteiger partial charge on any atom is -0.333 e. The normalized spacial score (nSPS) is 19.6. The lowest BCUT2D eigenvalue weighted by Gasteiger charge is -2.24. The van der Waals surface area contributed by atoms with Gasteiger partial charge in [-0.15, -0.1) is 11.3 Å². The maximum atomic E-state index is 13.6. The first kappa shape index (κ1) is 20.9. The van der Waals surface area contributed by atoms with Gasteiger partial charge in [0.05, 0.1) is 55.7 Å². The van der Waals surface area contributed by atoms with Crippen LogP contribution in [0.2, 0.25) is 5.02 Å². The van der Waals surface area contributed by atoms with Gasteiger partial charge >= 0.3 is 5.69 Å². The largest absolute Gasteiger partial charge is 0.336 e. The molecule has 1 fully saturated rings. The van der Waals surface area contributed by atoms with E-state index < -0.39 is 0 Å². The van der Waals surface area contributed by atoms with E-state index in [2.05, 4.69) is 7.05 Å². The van der Waals surface area contributed by atoms with Gasteiger partial charge in [0.25, 0.3) is 5.56 Å². The second-order valence-corrected chi connectivity index (χ2v) is 10.4. The van der Waals surface area contributed by atoms with Gasteiger partial charge in [-0.25, -0.2) is 9.36 Å². The predicted octanol–water partition coefficient (Wildman–Crippen LogP) is 0.507. The fraction of sp³-hybridized carbons (Fsp3) is 0.478. The Balaban J connectivity index is 1.68. The van der Waals surface area contributed by atoms with E-state index in [9.17, 15) is 9.59 Å². The Morgan fingerprint density at radius 2 is 1.81 bits per heavy atom. The molecule has 4 heterocycles. The topological polar surface area (TPSA) is 52.9 Å². The van der Waals surface area contributed by atoms with Crippen LogP contribution in [0.3, 0.4) is 0 Å². The zero-order chi connectivity index (χ0) is 21.5. The van der Waals surface area contributed by atoms with Gasteiger partial charge in [0, 0.05) is 11.4 Å². The SMILES string of the molecule is C[NH+]1CCc2c(sc3c2c(=O)n(-c2ccc(Cl)cc2)c(=O)n3CC[NH+]2CCCCC2)C1. The molecule has 164 valence electrons. The molecule has 0 bridgehead atoms. The maximum absolute atomic E-state index is 13.6. The summed E-state index contributed by atoms with van der Waals surface area (Å²) < 4.78 is 3.22. The number of quaternary nitrogens is 2. The molecule has 2 aliphatic rings. The Bertz CT molecular complexity index is 1220. The van der Waals surface area contributed by atoms with E-state index in [1.807, 2.05) is 4.57 Å². The number of halogens is 1. The molecule has 31 heavy (non-hydrogen) atoms. The van der Waals surface area contributed by atoms with Gasteiger partial charge < -0.3 is 9.80 Å². The lowest BCUT2D eigenvalue weighted by atomic mass is 10.1. The number of rotatable bonds is 4. The highest BCUT2D eigenvalue weighted by molar-refractivity contribution is 7.18. The fourth-order valence-electron chi connectivity index (χ4n) is 5.01. The number of likely N-dealkylation sites (tertiary alicyclic amines) is 1. The molecule has 0 saturated carbocycles. The average Bonchev–Trinajstić information content (AvgIpc) is 3.14. The van der Waals surface area contributed by atoms with Crippen LogP contribution in [0.4, 0.5) is 0 Å². The molecule has 2 N–H and O–H groups in total. The van der Waals surface area contributed by atoms with Gasteiger partial charge in [-0.2, -0.15) is 0 Å². The summed E-state index contributed by atoms with van der Waals surface area (Å²) in [5, 5.41) is 1.33. The van der Waals surface area contributed by atoms with Crippen molar-refractivity contribution < 1.29 is 9.80 Å². The van der Waals surface area contributed by atoms with Crippen LogP contribution in [0.1, 0.15) is 29.7 Å². The number of piperidine rings is 1. The van der Waals surface area contributed by atoms with Crippen molar-refractivity contribution in [2.45, 2.75) is 38.8 Å². The van der Waals surface area contributed by atoms with Crippen LogP contribution >= 0.6 is 22.9 Å². The summed E-state index contributed by atoms with van der Waals surface area (Å²) >= 11 is 7.71.